The molecule has 1 N–H and O–H groups in total. The third-order valence-corrected chi connectivity index (χ3v) is 6.24. The summed E-state index contributed by atoms with van der Waals surface area (Å²) in [5, 5.41) is 9.15. The van der Waals surface area contributed by atoms with Crippen molar-refractivity contribution in [1.82, 2.24) is 8.61 Å². The molecule has 0 aromatic heterocycles. The predicted molar refractivity (Wildman–Crippen MR) is 77.0 cm³/mol. The van der Waals surface area contributed by atoms with Crippen LogP contribution >= 0.6 is 0 Å². The van der Waals surface area contributed by atoms with Crippen molar-refractivity contribution in [2.75, 3.05) is 19.6 Å². The van der Waals surface area contributed by atoms with E-state index in [1.807, 2.05) is 20.8 Å². The summed E-state index contributed by atoms with van der Waals surface area (Å²) >= 11 is 0. The topological polar surface area (TPSA) is 87.2 Å². The second kappa shape index (κ2) is 6.20. The molecular weight excluding hydrogens is 296 g/mol. The van der Waals surface area contributed by atoms with Crippen LogP contribution in [0.4, 0.5) is 0 Å². The number of carboxylic acid groups (broad SMARTS) is 1. The van der Waals surface area contributed by atoms with E-state index in [0.29, 0.717) is 25.9 Å². The molecule has 7 nitrogen and oxygen atoms in total. The Morgan fingerprint density at radius 3 is 2.19 bits per heavy atom. The molecule has 2 rings (SSSR count). The maximum absolute atomic E-state index is 12.8. The van der Waals surface area contributed by atoms with E-state index in [2.05, 4.69) is 0 Å². The van der Waals surface area contributed by atoms with Crippen LogP contribution in [0.1, 0.15) is 33.6 Å². The molecule has 0 aromatic rings. The fourth-order valence-corrected chi connectivity index (χ4v) is 5.09. The number of ether oxygens (including phenoxy) is 1. The third kappa shape index (κ3) is 3.56. The van der Waals surface area contributed by atoms with Gasteiger partial charge in [0.1, 0.15) is 0 Å². The quantitative estimate of drug-likeness (QED) is 0.819. The van der Waals surface area contributed by atoms with Crippen LogP contribution in [0.2, 0.25) is 0 Å². The Morgan fingerprint density at radius 1 is 1.10 bits per heavy atom. The van der Waals surface area contributed by atoms with Gasteiger partial charge in [0.05, 0.1) is 18.1 Å². The third-order valence-electron chi connectivity index (χ3n) is 4.18. The zero-order chi connectivity index (χ0) is 15.8. The van der Waals surface area contributed by atoms with Gasteiger partial charge in [-0.1, -0.05) is 0 Å². The highest BCUT2D eigenvalue weighted by Crippen LogP contribution is 2.27. The summed E-state index contributed by atoms with van der Waals surface area (Å²) in [4.78, 5) is 11.2. The summed E-state index contributed by atoms with van der Waals surface area (Å²) in [5.41, 5.74) is 0. The second-order valence-electron chi connectivity index (χ2n) is 6.11. The van der Waals surface area contributed by atoms with Crippen LogP contribution in [0.15, 0.2) is 0 Å². The molecule has 122 valence electrons. The van der Waals surface area contributed by atoms with Crippen LogP contribution in [-0.4, -0.2) is 66.0 Å². The average molecular weight is 320 g/mol. The van der Waals surface area contributed by atoms with Crippen molar-refractivity contribution in [3.8, 4) is 0 Å². The van der Waals surface area contributed by atoms with E-state index in [9.17, 15) is 13.2 Å². The van der Waals surface area contributed by atoms with Crippen LogP contribution in [-0.2, 0) is 19.7 Å². The molecule has 0 amide bonds. The molecule has 0 radical (unpaired) electrons. The summed E-state index contributed by atoms with van der Waals surface area (Å²) in [6.07, 6.45) is 0.794. The zero-order valence-corrected chi connectivity index (χ0v) is 13.5. The molecule has 4 atom stereocenters. The van der Waals surface area contributed by atoms with Gasteiger partial charge in [-0.2, -0.15) is 17.0 Å². The highest BCUT2D eigenvalue weighted by molar-refractivity contribution is 7.86. The minimum atomic E-state index is -3.64. The summed E-state index contributed by atoms with van der Waals surface area (Å²) in [6.45, 7) is 6.21. The van der Waals surface area contributed by atoms with E-state index in [0.717, 1.165) is 0 Å². The fraction of sp³-hybridized carbons (Fsp3) is 0.923. The first-order valence-corrected chi connectivity index (χ1v) is 8.76. The van der Waals surface area contributed by atoms with Gasteiger partial charge in [0.15, 0.2) is 0 Å². The monoisotopic (exact) mass is 320 g/mol. The smallest absolute Gasteiger partial charge is 0.307 e. The van der Waals surface area contributed by atoms with Crippen molar-refractivity contribution < 1.29 is 23.1 Å². The van der Waals surface area contributed by atoms with Gasteiger partial charge in [0.25, 0.3) is 10.2 Å². The molecule has 2 saturated heterocycles. The normalized spacial score (nSPS) is 36.5. The van der Waals surface area contributed by atoms with Crippen LogP contribution in [0.5, 0.6) is 0 Å². The summed E-state index contributed by atoms with van der Waals surface area (Å²) in [6, 6.07) is -0.168. The van der Waals surface area contributed by atoms with Crippen molar-refractivity contribution in [2.24, 2.45) is 5.92 Å². The highest BCUT2D eigenvalue weighted by Gasteiger charge is 2.41. The number of piperidine rings is 1. The maximum atomic E-state index is 12.8. The Bertz CT molecular complexity index is 485. The number of rotatable bonds is 3. The predicted octanol–water partition coefficient (Wildman–Crippen LogP) is 0.526. The number of hydrogen-bond acceptors (Lipinski definition) is 4. The van der Waals surface area contributed by atoms with E-state index in [-0.39, 0.29) is 24.8 Å². The molecule has 4 unspecified atom stereocenters. The lowest BCUT2D eigenvalue weighted by atomic mass is 9.96. The fourth-order valence-electron chi connectivity index (χ4n) is 3.07. The Hall–Kier alpha value is -0.700. The molecule has 0 saturated carbocycles. The minimum Gasteiger partial charge on any atom is -0.481 e. The molecular formula is C13H24N2O5S. The lowest BCUT2D eigenvalue weighted by Gasteiger charge is -2.41. The van der Waals surface area contributed by atoms with Gasteiger partial charge in [-0.3, -0.25) is 4.79 Å². The number of nitrogens with zero attached hydrogens (tertiary/aromatic N) is 2. The SMILES string of the molecule is CC1CN(S(=O)(=O)N2CC(C(=O)O)CCC2C)CC(C)O1. The number of morpholine rings is 1. The summed E-state index contributed by atoms with van der Waals surface area (Å²) in [5.74, 6) is -1.54. The first-order valence-electron chi connectivity index (χ1n) is 7.37. The standard InChI is InChI=1S/C13H24N2O5S/c1-9-4-5-12(13(16)17)8-15(9)21(18,19)14-6-10(2)20-11(3)7-14/h9-12H,4-8H2,1-3H3,(H,16,17). The van der Waals surface area contributed by atoms with Crippen molar-refractivity contribution >= 4 is 16.2 Å². The van der Waals surface area contributed by atoms with E-state index in [1.165, 1.54) is 8.61 Å². The van der Waals surface area contributed by atoms with Gasteiger partial charge >= 0.3 is 5.97 Å². The molecule has 2 heterocycles. The van der Waals surface area contributed by atoms with E-state index >= 15 is 0 Å². The molecule has 2 aliphatic rings. The number of aliphatic carboxylic acids is 1. The minimum absolute atomic E-state index is 0.0545. The van der Waals surface area contributed by atoms with E-state index in [1.54, 1.807) is 0 Å². The molecule has 2 aliphatic heterocycles. The van der Waals surface area contributed by atoms with E-state index < -0.39 is 22.1 Å². The van der Waals surface area contributed by atoms with Gasteiger partial charge in [-0.05, 0) is 33.6 Å². The van der Waals surface area contributed by atoms with Crippen molar-refractivity contribution in [1.29, 1.82) is 0 Å². The highest BCUT2D eigenvalue weighted by atomic mass is 32.2. The lowest BCUT2D eigenvalue weighted by molar-refractivity contribution is -0.143. The zero-order valence-electron chi connectivity index (χ0n) is 12.7. The molecule has 0 bridgehead atoms. The average Bonchev–Trinajstić information content (AvgIpc) is 2.37. The number of carbonyl (C=O) groups is 1. The number of hydrogen-bond donors (Lipinski definition) is 1. The van der Waals surface area contributed by atoms with Gasteiger partial charge in [0.2, 0.25) is 0 Å². The van der Waals surface area contributed by atoms with E-state index in [4.69, 9.17) is 9.84 Å². The first-order chi connectivity index (χ1) is 9.71. The summed E-state index contributed by atoms with van der Waals surface area (Å²) in [7, 11) is -3.64. The number of carboxylic acids is 1. The van der Waals surface area contributed by atoms with Crippen LogP contribution in [0, 0.1) is 5.92 Å². The van der Waals surface area contributed by atoms with Crippen LogP contribution < -0.4 is 0 Å². The van der Waals surface area contributed by atoms with Crippen molar-refractivity contribution in [2.45, 2.75) is 51.9 Å². The van der Waals surface area contributed by atoms with Crippen LogP contribution in [0.25, 0.3) is 0 Å². The Kier molecular flexibility index (Phi) is 4.92. The molecule has 8 heteroatoms. The largest absolute Gasteiger partial charge is 0.481 e. The van der Waals surface area contributed by atoms with Gasteiger partial charge in [-0.15, -0.1) is 0 Å². The molecule has 0 spiro atoms. The van der Waals surface area contributed by atoms with Crippen LogP contribution in [0.3, 0.4) is 0 Å². The first kappa shape index (κ1) is 16.7. The Balaban J connectivity index is 2.18. The maximum Gasteiger partial charge on any atom is 0.307 e. The van der Waals surface area contributed by atoms with Gasteiger partial charge < -0.3 is 9.84 Å². The molecule has 21 heavy (non-hydrogen) atoms. The van der Waals surface area contributed by atoms with Gasteiger partial charge in [-0.25, -0.2) is 0 Å². The van der Waals surface area contributed by atoms with Crippen molar-refractivity contribution in [3.63, 3.8) is 0 Å². The van der Waals surface area contributed by atoms with Gasteiger partial charge in [0, 0.05) is 25.7 Å². The Morgan fingerprint density at radius 2 is 1.67 bits per heavy atom. The van der Waals surface area contributed by atoms with Crippen molar-refractivity contribution in [3.05, 3.63) is 0 Å². The molecule has 0 aromatic carbocycles. The molecule has 0 aliphatic carbocycles. The summed E-state index contributed by atoms with van der Waals surface area (Å²) < 4.78 is 34.0. The lowest BCUT2D eigenvalue weighted by Crippen LogP contribution is -2.57. The second-order valence-corrected chi connectivity index (χ2v) is 7.99. The molecule has 2 fully saturated rings. The Labute approximate surface area is 126 Å².